The first kappa shape index (κ1) is 26.8. The maximum absolute atomic E-state index is 12.9. The van der Waals surface area contributed by atoms with E-state index >= 15 is 0 Å². The molecule has 0 atom stereocenters. The van der Waals surface area contributed by atoms with Gasteiger partial charge in [0.15, 0.2) is 0 Å². The van der Waals surface area contributed by atoms with Crippen molar-refractivity contribution in [2.75, 3.05) is 36.4 Å². The molecule has 2 saturated heterocycles. The highest BCUT2D eigenvalue weighted by Crippen LogP contribution is 2.30. The number of anilines is 2. The molecular weight excluding hydrogens is 453 g/mol. The number of nitrogens with zero attached hydrogens (tertiary/aromatic N) is 3. The SMILES string of the molecule is C.Cc1ccc(N2CCC(CCC(=O)N3CCC(Nc4ccnc(C(F)(F)F)c4)CC3)CC2)cc1. The zero-order valence-electron chi connectivity index (χ0n) is 19.7. The van der Waals surface area contributed by atoms with E-state index in [1.165, 1.54) is 17.4 Å². The number of hydrogen-bond donors (Lipinski definition) is 1. The van der Waals surface area contributed by atoms with Crippen LogP contribution in [0.1, 0.15) is 57.2 Å². The molecule has 192 valence electrons. The minimum Gasteiger partial charge on any atom is -0.382 e. The molecule has 1 amide bonds. The molecule has 1 aromatic heterocycles. The van der Waals surface area contributed by atoms with Gasteiger partial charge < -0.3 is 15.1 Å². The van der Waals surface area contributed by atoms with Gasteiger partial charge in [-0.05, 0) is 69.2 Å². The molecule has 5 nitrogen and oxygen atoms in total. The molecule has 0 saturated carbocycles. The predicted octanol–water partition coefficient (Wildman–Crippen LogP) is 6.14. The molecule has 1 aromatic carbocycles. The molecule has 8 heteroatoms. The minimum atomic E-state index is -4.45. The summed E-state index contributed by atoms with van der Waals surface area (Å²) in [6.45, 7) is 5.44. The third kappa shape index (κ3) is 7.36. The number of hydrogen-bond acceptors (Lipinski definition) is 4. The van der Waals surface area contributed by atoms with Crippen LogP contribution in [-0.4, -0.2) is 48.0 Å². The second kappa shape index (κ2) is 11.8. The van der Waals surface area contributed by atoms with Crippen molar-refractivity contribution >= 4 is 17.3 Å². The van der Waals surface area contributed by atoms with Gasteiger partial charge in [0.25, 0.3) is 0 Å². The molecule has 1 N–H and O–H groups in total. The summed E-state index contributed by atoms with van der Waals surface area (Å²) in [5.41, 5.74) is 2.07. The van der Waals surface area contributed by atoms with Crippen molar-refractivity contribution < 1.29 is 18.0 Å². The predicted molar refractivity (Wildman–Crippen MR) is 135 cm³/mol. The Bertz CT molecular complexity index is 948. The standard InChI is InChI=1S/C26H33F3N4O.CH4/c1-19-2-5-23(6-3-19)32-14-9-20(10-15-32)4-7-25(34)33-16-11-21(12-17-33)31-22-8-13-30-24(18-22)26(27,28)29;/h2-3,5-6,8,13,18,20-21H,4,7,9-12,14-17H2,1H3,(H,30,31);1H4. The van der Waals surface area contributed by atoms with Crippen molar-refractivity contribution in [1.82, 2.24) is 9.88 Å². The number of aryl methyl sites for hydroxylation is 1. The number of carbonyl (C=O) groups excluding carboxylic acids is 1. The van der Waals surface area contributed by atoms with Crippen LogP contribution in [0.25, 0.3) is 0 Å². The van der Waals surface area contributed by atoms with Gasteiger partial charge >= 0.3 is 6.18 Å². The van der Waals surface area contributed by atoms with Crippen LogP contribution >= 0.6 is 0 Å². The number of pyridine rings is 1. The normalized spacial score (nSPS) is 17.7. The first-order valence-electron chi connectivity index (χ1n) is 12.2. The fourth-order valence-electron chi connectivity index (χ4n) is 4.91. The van der Waals surface area contributed by atoms with Gasteiger partial charge in [0, 0.05) is 56.2 Å². The number of nitrogens with one attached hydrogen (secondary N) is 1. The van der Waals surface area contributed by atoms with Crippen molar-refractivity contribution in [3.63, 3.8) is 0 Å². The average molecular weight is 491 g/mol. The van der Waals surface area contributed by atoms with E-state index in [1.54, 1.807) is 6.07 Å². The third-order valence-electron chi connectivity index (χ3n) is 7.05. The lowest BCUT2D eigenvalue weighted by Gasteiger charge is -2.35. The molecule has 2 aliphatic rings. The number of benzene rings is 1. The maximum Gasteiger partial charge on any atom is 0.433 e. The van der Waals surface area contributed by atoms with E-state index in [1.807, 2.05) is 4.90 Å². The van der Waals surface area contributed by atoms with Crippen LogP contribution in [0.4, 0.5) is 24.5 Å². The largest absolute Gasteiger partial charge is 0.433 e. The highest BCUT2D eigenvalue weighted by atomic mass is 19.4. The molecule has 35 heavy (non-hydrogen) atoms. The number of halogens is 3. The Labute approximate surface area is 206 Å². The second-order valence-electron chi connectivity index (χ2n) is 9.53. The van der Waals surface area contributed by atoms with E-state index in [0.717, 1.165) is 51.3 Å². The van der Waals surface area contributed by atoms with E-state index in [4.69, 9.17) is 0 Å². The fraction of sp³-hybridized carbons (Fsp3) is 0.556. The van der Waals surface area contributed by atoms with Crippen molar-refractivity contribution in [1.29, 1.82) is 0 Å². The Morgan fingerprint density at radius 3 is 2.31 bits per heavy atom. The van der Waals surface area contributed by atoms with Gasteiger partial charge in [0.05, 0.1) is 0 Å². The Morgan fingerprint density at radius 1 is 1.03 bits per heavy atom. The van der Waals surface area contributed by atoms with E-state index in [9.17, 15) is 18.0 Å². The molecule has 2 fully saturated rings. The number of alkyl halides is 3. The Kier molecular flexibility index (Phi) is 9.03. The number of likely N-dealkylation sites (tertiary alicyclic amines) is 1. The lowest BCUT2D eigenvalue weighted by Crippen LogP contribution is -2.42. The zero-order chi connectivity index (χ0) is 24.1. The molecule has 2 aliphatic heterocycles. The average Bonchev–Trinajstić information content (AvgIpc) is 2.83. The minimum absolute atomic E-state index is 0. The van der Waals surface area contributed by atoms with Crippen molar-refractivity contribution in [3.05, 3.63) is 53.9 Å². The van der Waals surface area contributed by atoms with Crippen molar-refractivity contribution in [2.24, 2.45) is 5.92 Å². The summed E-state index contributed by atoms with van der Waals surface area (Å²) >= 11 is 0. The lowest BCUT2D eigenvalue weighted by molar-refractivity contribution is -0.141. The van der Waals surface area contributed by atoms with Crippen LogP contribution in [0.3, 0.4) is 0 Å². The zero-order valence-corrected chi connectivity index (χ0v) is 19.7. The molecule has 0 aliphatic carbocycles. The molecule has 2 aromatic rings. The second-order valence-corrected chi connectivity index (χ2v) is 9.53. The summed E-state index contributed by atoms with van der Waals surface area (Å²) in [4.78, 5) is 20.5. The van der Waals surface area contributed by atoms with E-state index in [2.05, 4.69) is 46.4 Å². The van der Waals surface area contributed by atoms with Gasteiger partial charge in [-0.3, -0.25) is 9.78 Å². The maximum atomic E-state index is 12.9. The molecule has 3 heterocycles. The van der Waals surface area contributed by atoms with Crippen LogP contribution < -0.4 is 10.2 Å². The first-order valence-corrected chi connectivity index (χ1v) is 12.2. The fourth-order valence-corrected chi connectivity index (χ4v) is 4.91. The number of piperidine rings is 2. The Balaban J connectivity index is 0.00000342. The number of rotatable bonds is 6. The van der Waals surface area contributed by atoms with Gasteiger partial charge in [-0.15, -0.1) is 0 Å². The summed E-state index contributed by atoms with van der Waals surface area (Å²) in [5, 5.41) is 3.17. The monoisotopic (exact) mass is 490 g/mol. The van der Waals surface area contributed by atoms with E-state index in [-0.39, 0.29) is 19.4 Å². The topological polar surface area (TPSA) is 48.5 Å². The summed E-state index contributed by atoms with van der Waals surface area (Å²) in [6, 6.07) is 11.3. The number of carbonyl (C=O) groups is 1. The van der Waals surface area contributed by atoms with Gasteiger partial charge in [-0.2, -0.15) is 13.2 Å². The highest BCUT2D eigenvalue weighted by molar-refractivity contribution is 5.76. The van der Waals surface area contributed by atoms with E-state index < -0.39 is 11.9 Å². The molecule has 4 rings (SSSR count). The number of aromatic nitrogens is 1. The number of amides is 1. The quantitative estimate of drug-likeness (QED) is 0.528. The lowest BCUT2D eigenvalue weighted by atomic mass is 9.91. The first-order chi connectivity index (χ1) is 16.3. The van der Waals surface area contributed by atoms with Crippen LogP contribution in [0.15, 0.2) is 42.6 Å². The molecule has 0 unspecified atom stereocenters. The summed E-state index contributed by atoms with van der Waals surface area (Å²) in [6.07, 6.45) is 1.90. The highest BCUT2D eigenvalue weighted by Gasteiger charge is 2.33. The summed E-state index contributed by atoms with van der Waals surface area (Å²) in [7, 11) is 0. The van der Waals surface area contributed by atoms with Crippen LogP contribution in [0, 0.1) is 12.8 Å². The summed E-state index contributed by atoms with van der Waals surface area (Å²) in [5.74, 6) is 0.780. The van der Waals surface area contributed by atoms with Crippen LogP contribution in [0.5, 0.6) is 0 Å². The van der Waals surface area contributed by atoms with Gasteiger partial charge in [0.1, 0.15) is 5.69 Å². The van der Waals surface area contributed by atoms with Crippen LogP contribution in [0.2, 0.25) is 0 Å². The van der Waals surface area contributed by atoms with E-state index in [0.29, 0.717) is 31.1 Å². The summed E-state index contributed by atoms with van der Waals surface area (Å²) < 4.78 is 38.6. The Morgan fingerprint density at radius 2 is 1.69 bits per heavy atom. The van der Waals surface area contributed by atoms with Gasteiger partial charge in [0.2, 0.25) is 5.91 Å². The smallest absolute Gasteiger partial charge is 0.382 e. The van der Waals surface area contributed by atoms with Crippen LogP contribution in [-0.2, 0) is 11.0 Å². The molecule has 0 bridgehead atoms. The third-order valence-corrected chi connectivity index (χ3v) is 7.05. The van der Waals surface area contributed by atoms with Crippen molar-refractivity contribution in [3.8, 4) is 0 Å². The molecule has 0 radical (unpaired) electrons. The van der Waals surface area contributed by atoms with Crippen molar-refractivity contribution in [2.45, 2.75) is 65.1 Å². The van der Waals surface area contributed by atoms with Gasteiger partial charge in [-0.25, -0.2) is 0 Å². The Hall–Kier alpha value is -2.77. The van der Waals surface area contributed by atoms with Gasteiger partial charge in [-0.1, -0.05) is 25.1 Å². The molecular formula is C27H37F3N4O. The molecule has 0 spiro atoms.